The Morgan fingerprint density at radius 3 is 2.67 bits per heavy atom. The van der Waals surface area contributed by atoms with Crippen LogP contribution in [0, 0.1) is 0 Å². The van der Waals surface area contributed by atoms with E-state index in [-0.39, 0.29) is 17.4 Å². The number of benzene rings is 2. The van der Waals surface area contributed by atoms with Crippen molar-refractivity contribution >= 4 is 33.8 Å². The predicted molar refractivity (Wildman–Crippen MR) is 85.6 cm³/mol. The summed E-state index contributed by atoms with van der Waals surface area (Å²) >= 11 is 6.00. The van der Waals surface area contributed by atoms with Gasteiger partial charge in [0.2, 0.25) is 0 Å². The van der Waals surface area contributed by atoms with Crippen molar-refractivity contribution < 1.29 is 4.79 Å². The SMILES string of the molecule is Nc1ccnc(Cl)c1C(=O)Cc1cccc2ccccc12. The standard InChI is InChI=1S/C17H13ClN2O/c18-17-16(14(19)8-9-20-17)15(21)10-12-6-3-5-11-4-1-2-7-13(11)12/h1-9H,10H2,(H2,19,20). The molecule has 21 heavy (non-hydrogen) atoms. The third-order valence-corrected chi connectivity index (χ3v) is 3.73. The molecule has 3 rings (SSSR count). The van der Waals surface area contributed by atoms with Gasteiger partial charge in [-0.1, -0.05) is 54.1 Å². The van der Waals surface area contributed by atoms with E-state index in [4.69, 9.17) is 17.3 Å². The molecule has 104 valence electrons. The summed E-state index contributed by atoms with van der Waals surface area (Å²) in [6.45, 7) is 0. The minimum atomic E-state index is -0.123. The van der Waals surface area contributed by atoms with Crippen LogP contribution in [0.2, 0.25) is 5.15 Å². The Labute approximate surface area is 127 Å². The number of anilines is 1. The lowest BCUT2D eigenvalue weighted by molar-refractivity contribution is 0.0994. The molecule has 0 unspecified atom stereocenters. The van der Waals surface area contributed by atoms with Gasteiger partial charge in [-0.2, -0.15) is 0 Å². The second-order valence-corrected chi connectivity index (χ2v) is 5.16. The van der Waals surface area contributed by atoms with Crippen LogP contribution in [-0.4, -0.2) is 10.8 Å². The zero-order valence-electron chi connectivity index (χ0n) is 11.2. The number of pyridine rings is 1. The lowest BCUT2D eigenvalue weighted by atomic mass is 9.98. The number of fused-ring (bicyclic) bond motifs is 1. The first kappa shape index (κ1) is 13.6. The van der Waals surface area contributed by atoms with Crippen molar-refractivity contribution in [2.75, 3.05) is 5.73 Å². The van der Waals surface area contributed by atoms with Crippen LogP contribution < -0.4 is 5.73 Å². The van der Waals surface area contributed by atoms with Crippen LogP contribution in [0.5, 0.6) is 0 Å². The molecule has 2 aromatic carbocycles. The summed E-state index contributed by atoms with van der Waals surface area (Å²) in [4.78, 5) is 16.4. The zero-order chi connectivity index (χ0) is 14.8. The van der Waals surface area contributed by atoms with E-state index in [1.54, 1.807) is 6.07 Å². The molecule has 3 aromatic rings. The van der Waals surface area contributed by atoms with Gasteiger partial charge in [-0.05, 0) is 22.4 Å². The molecule has 0 amide bonds. The van der Waals surface area contributed by atoms with Gasteiger partial charge in [-0.25, -0.2) is 4.98 Å². The van der Waals surface area contributed by atoms with Gasteiger partial charge in [-0.15, -0.1) is 0 Å². The molecule has 0 atom stereocenters. The summed E-state index contributed by atoms with van der Waals surface area (Å²) < 4.78 is 0. The van der Waals surface area contributed by atoms with E-state index in [9.17, 15) is 4.79 Å². The molecule has 0 bridgehead atoms. The van der Waals surface area contributed by atoms with Crippen molar-refractivity contribution in [2.24, 2.45) is 0 Å². The smallest absolute Gasteiger partial charge is 0.172 e. The molecule has 0 saturated heterocycles. The molecule has 0 aliphatic carbocycles. The van der Waals surface area contributed by atoms with Crippen molar-refractivity contribution in [3.8, 4) is 0 Å². The highest BCUT2D eigenvalue weighted by molar-refractivity contribution is 6.33. The largest absolute Gasteiger partial charge is 0.398 e. The average Bonchev–Trinajstić information content (AvgIpc) is 2.47. The first-order valence-electron chi connectivity index (χ1n) is 6.56. The molecule has 0 radical (unpaired) electrons. The number of nitrogen functional groups attached to an aromatic ring is 1. The van der Waals surface area contributed by atoms with Crippen LogP contribution in [0.25, 0.3) is 10.8 Å². The van der Waals surface area contributed by atoms with Crippen LogP contribution in [-0.2, 0) is 6.42 Å². The molecule has 3 nitrogen and oxygen atoms in total. The molecule has 0 aliphatic rings. The second-order valence-electron chi connectivity index (χ2n) is 4.80. The number of nitrogens with zero attached hydrogens (tertiary/aromatic N) is 1. The number of carbonyl (C=O) groups is 1. The van der Waals surface area contributed by atoms with Gasteiger partial charge in [-0.3, -0.25) is 4.79 Å². The van der Waals surface area contributed by atoms with E-state index in [0.29, 0.717) is 11.3 Å². The summed E-state index contributed by atoms with van der Waals surface area (Å²) in [6.07, 6.45) is 1.74. The third-order valence-electron chi connectivity index (χ3n) is 3.45. The lowest BCUT2D eigenvalue weighted by Gasteiger charge is -2.08. The molecule has 0 aliphatic heterocycles. The van der Waals surface area contributed by atoms with Gasteiger partial charge in [0, 0.05) is 18.3 Å². The fraction of sp³-hybridized carbons (Fsp3) is 0.0588. The Morgan fingerprint density at radius 2 is 1.86 bits per heavy atom. The van der Waals surface area contributed by atoms with Crippen molar-refractivity contribution in [3.63, 3.8) is 0 Å². The Morgan fingerprint density at radius 1 is 1.10 bits per heavy atom. The van der Waals surface area contributed by atoms with E-state index >= 15 is 0 Å². The summed E-state index contributed by atoms with van der Waals surface area (Å²) in [5.74, 6) is -0.123. The summed E-state index contributed by atoms with van der Waals surface area (Å²) in [5, 5.41) is 2.32. The maximum atomic E-state index is 12.5. The normalized spacial score (nSPS) is 10.7. The fourth-order valence-corrected chi connectivity index (χ4v) is 2.70. The van der Waals surface area contributed by atoms with Gasteiger partial charge in [0.15, 0.2) is 5.78 Å². The number of Topliss-reactive ketones (excluding diaryl/α,β-unsaturated/α-hetero) is 1. The first-order chi connectivity index (χ1) is 10.2. The minimum Gasteiger partial charge on any atom is -0.398 e. The van der Waals surface area contributed by atoms with Gasteiger partial charge < -0.3 is 5.73 Å². The van der Waals surface area contributed by atoms with Gasteiger partial charge in [0.25, 0.3) is 0 Å². The van der Waals surface area contributed by atoms with Crippen LogP contribution in [0.1, 0.15) is 15.9 Å². The molecule has 4 heteroatoms. The Kier molecular flexibility index (Phi) is 3.59. The van der Waals surface area contributed by atoms with E-state index in [1.807, 2.05) is 42.5 Å². The average molecular weight is 297 g/mol. The number of halogens is 1. The van der Waals surface area contributed by atoms with Crippen molar-refractivity contribution in [3.05, 3.63) is 71.0 Å². The summed E-state index contributed by atoms with van der Waals surface area (Å²) in [7, 11) is 0. The number of hydrogen-bond donors (Lipinski definition) is 1. The number of hydrogen-bond acceptors (Lipinski definition) is 3. The molecular formula is C17H13ClN2O. The molecular weight excluding hydrogens is 284 g/mol. The van der Waals surface area contributed by atoms with Crippen LogP contribution >= 0.6 is 11.6 Å². The molecule has 0 saturated carbocycles. The maximum Gasteiger partial charge on any atom is 0.172 e. The summed E-state index contributed by atoms with van der Waals surface area (Å²) in [5.41, 5.74) is 7.46. The monoisotopic (exact) mass is 296 g/mol. The van der Waals surface area contributed by atoms with Crippen molar-refractivity contribution in [1.29, 1.82) is 0 Å². The fourth-order valence-electron chi connectivity index (χ4n) is 2.43. The second kappa shape index (κ2) is 5.54. The van der Waals surface area contributed by atoms with E-state index in [2.05, 4.69) is 4.98 Å². The highest BCUT2D eigenvalue weighted by atomic mass is 35.5. The third kappa shape index (κ3) is 2.60. The molecule has 1 heterocycles. The van der Waals surface area contributed by atoms with Gasteiger partial charge in [0.05, 0.1) is 5.56 Å². The molecule has 2 N–H and O–H groups in total. The highest BCUT2D eigenvalue weighted by Gasteiger charge is 2.16. The van der Waals surface area contributed by atoms with E-state index in [0.717, 1.165) is 16.3 Å². The first-order valence-corrected chi connectivity index (χ1v) is 6.94. The predicted octanol–water partition coefficient (Wildman–Crippen LogP) is 3.90. The van der Waals surface area contributed by atoms with Gasteiger partial charge in [0.1, 0.15) is 5.15 Å². The number of rotatable bonds is 3. The van der Waals surface area contributed by atoms with E-state index in [1.165, 1.54) is 6.20 Å². The number of nitrogens with two attached hydrogens (primary N) is 1. The van der Waals surface area contributed by atoms with E-state index < -0.39 is 0 Å². The molecule has 1 aromatic heterocycles. The quantitative estimate of drug-likeness (QED) is 0.589. The minimum absolute atomic E-state index is 0.123. The number of carbonyl (C=O) groups excluding carboxylic acids is 1. The number of aromatic nitrogens is 1. The topological polar surface area (TPSA) is 56.0 Å². The zero-order valence-corrected chi connectivity index (χ0v) is 12.0. The van der Waals surface area contributed by atoms with Crippen molar-refractivity contribution in [1.82, 2.24) is 4.98 Å². The lowest BCUT2D eigenvalue weighted by Crippen LogP contribution is -2.09. The van der Waals surface area contributed by atoms with Crippen LogP contribution in [0.3, 0.4) is 0 Å². The Bertz CT molecular complexity index is 804. The Hall–Kier alpha value is -2.39. The molecule has 0 fully saturated rings. The van der Waals surface area contributed by atoms with Crippen LogP contribution in [0.4, 0.5) is 5.69 Å². The maximum absolute atomic E-state index is 12.5. The summed E-state index contributed by atoms with van der Waals surface area (Å²) in [6, 6.07) is 15.5. The Balaban J connectivity index is 2.01. The highest BCUT2D eigenvalue weighted by Crippen LogP contribution is 2.24. The van der Waals surface area contributed by atoms with Crippen molar-refractivity contribution in [2.45, 2.75) is 6.42 Å². The van der Waals surface area contributed by atoms with Crippen LogP contribution in [0.15, 0.2) is 54.7 Å². The molecule has 0 spiro atoms. The number of ketones is 1. The van der Waals surface area contributed by atoms with Gasteiger partial charge >= 0.3 is 0 Å².